The van der Waals surface area contributed by atoms with Gasteiger partial charge in [-0.15, -0.1) is 0 Å². The number of unbranched alkanes of at least 4 members (excludes halogenated alkanes) is 2. The van der Waals surface area contributed by atoms with Crippen LogP contribution < -0.4 is 4.74 Å². The summed E-state index contributed by atoms with van der Waals surface area (Å²) < 4.78 is 11.3. The molecule has 2 heteroatoms. The van der Waals surface area contributed by atoms with Gasteiger partial charge < -0.3 is 9.47 Å². The molecule has 0 saturated heterocycles. The standard InChI is InChI=1S/C20H30O2/c1-3-4-5-9-18-10-6-11-20(18)22-16-7-8-17-12-14-19(21-2)15-13-17/h7-8,12-15,18,20H,3-6,9-11,16H2,1-2H3/b8-7+/t18-,20+/m0/s1. The van der Waals surface area contributed by atoms with Crippen LogP contribution in [0.2, 0.25) is 0 Å². The molecule has 122 valence electrons. The summed E-state index contributed by atoms with van der Waals surface area (Å²) in [4.78, 5) is 0. The molecule has 0 spiro atoms. The first-order valence-corrected chi connectivity index (χ1v) is 8.75. The first-order valence-electron chi connectivity index (χ1n) is 8.75. The second-order valence-electron chi connectivity index (χ2n) is 6.23. The van der Waals surface area contributed by atoms with Crippen molar-refractivity contribution < 1.29 is 9.47 Å². The Morgan fingerprint density at radius 2 is 1.95 bits per heavy atom. The highest BCUT2D eigenvalue weighted by Crippen LogP contribution is 2.32. The van der Waals surface area contributed by atoms with E-state index in [1.54, 1.807) is 7.11 Å². The molecule has 1 fully saturated rings. The monoisotopic (exact) mass is 302 g/mol. The zero-order chi connectivity index (χ0) is 15.6. The minimum atomic E-state index is 0.484. The van der Waals surface area contributed by atoms with E-state index in [0.29, 0.717) is 6.10 Å². The van der Waals surface area contributed by atoms with Crippen LogP contribution in [0.1, 0.15) is 57.4 Å². The minimum absolute atomic E-state index is 0.484. The Labute approximate surface area is 135 Å². The largest absolute Gasteiger partial charge is 0.497 e. The van der Waals surface area contributed by atoms with Crippen LogP contribution in [0, 0.1) is 5.92 Å². The van der Waals surface area contributed by atoms with Gasteiger partial charge in [-0.3, -0.25) is 0 Å². The molecule has 2 atom stereocenters. The molecule has 0 unspecified atom stereocenters. The SMILES string of the molecule is CCCCC[C@H]1CCC[C@H]1OC/C=C/c1ccc(OC)cc1. The van der Waals surface area contributed by atoms with Gasteiger partial charge in [0.15, 0.2) is 0 Å². The van der Waals surface area contributed by atoms with Gasteiger partial charge in [0.05, 0.1) is 19.8 Å². The molecule has 2 nitrogen and oxygen atoms in total. The lowest BCUT2D eigenvalue weighted by molar-refractivity contribution is 0.0430. The van der Waals surface area contributed by atoms with E-state index < -0.39 is 0 Å². The summed E-state index contributed by atoms with van der Waals surface area (Å²) in [5.41, 5.74) is 1.19. The Hall–Kier alpha value is -1.28. The lowest BCUT2D eigenvalue weighted by Gasteiger charge is -2.19. The molecule has 0 radical (unpaired) electrons. The van der Waals surface area contributed by atoms with Gasteiger partial charge in [0.2, 0.25) is 0 Å². The van der Waals surface area contributed by atoms with Crippen LogP contribution in [-0.2, 0) is 4.74 Å². The molecular formula is C20H30O2. The van der Waals surface area contributed by atoms with Crippen LogP contribution >= 0.6 is 0 Å². The first kappa shape index (κ1) is 17.1. The van der Waals surface area contributed by atoms with Crippen LogP contribution in [0.3, 0.4) is 0 Å². The molecule has 0 bridgehead atoms. The third-order valence-corrected chi connectivity index (χ3v) is 4.60. The fourth-order valence-corrected chi connectivity index (χ4v) is 3.29. The number of rotatable bonds is 9. The number of methoxy groups -OCH3 is 1. The highest BCUT2D eigenvalue weighted by atomic mass is 16.5. The van der Waals surface area contributed by atoms with E-state index in [0.717, 1.165) is 18.3 Å². The van der Waals surface area contributed by atoms with Gasteiger partial charge in [-0.1, -0.05) is 56.9 Å². The topological polar surface area (TPSA) is 18.5 Å². The predicted octanol–water partition coefficient (Wildman–Crippen LogP) is 5.47. The number of benzene rings is 1. The van der Waals surface area contributed by atoms with E-state index in [1.807, 2.05) is 12.1 Å². The maximum absolute atomic E-state index is 6.10. The molecule has 1 saturated carbocycles. The van der Waals surface area contributed by atoms with Gasteiger partial charge in [0.1, 0.15) is 5.75 Å². The number of ether oxygens (including phenoxy) is 2. The van der Waals surface area contributed by atoms with Crippen molar-refractivity contribution in [1.82, 2.24) is 0 Å². The fourth-order valence-electron chi connectivity index (χ4n) is 3.29. The third kappa shape index (κ3) is 5.49. The van der Waals surface area contributed by atoms with Crippen LogP contribution in [0.15, 0.2) is 30.3 Å². The Kier molecular flexibility index (Phi) is 7.51. The summed E-state index contributed by atoms with van der Waals surface area (Å²) in [5.74, 6) is 1.69. The van der Waals surface area contributed by atoms with Crippen LogP contribution in [0.5, 0.6) is 5.75 Å². The Balaban J connectivity index is 1.71. The number of hydrogen-bond acceptors (Lipinski definition) is 2. The molecule has 1 aromatic rings. The van der Waals surface area contributed by atoms with E-state index in [2.05, 4.69) is 31.2 Å². The molecule has 0 N–H and O–H groups in total. The molecule has 0 aromatic heterocycles. The molecular weight excluding hydrogens is 272 g/mol. The van der Waals surface area contributed by atoms with Gasteiger partial charge in [-0.05, 0) is 42.9 Å². The highest BCUT2D eigenvalue weighted by molar-refractivity contribution is 5.50. The van der Waals surface area contributed by atoms with Crippen LogP contribution in [0.25, 0.3) is 6.08 Å². The Morgan fingerprint density at radius 3 is 2.68 bits per heavy atom. The second kappa shape index (κ2) is 9.68. The van der Waals surface area contributed by atoms with E-state index in [-0.39, 0.29) is 0 Å². The predicted molar refractivity (Wildman–Crippen MR) is 93.3 cm³/mol. The molecule has 1 aromatic carbocycles. The van der Waals surface area contributed by atoms with Gasteiger partial charge in [0, 0.05) is 0 Å². The number of hydrogen-bond donors (Lipinski definition) is 0. The van der Waals surface area contributed by atoms with Gasteiger partial charge in [-0.2, -0.15) is 0 Å². The summed E-state index contributed by atoms with van der Waals surface area (Å²) in [6.07, 6.45) is 14.1. The molecule has 22 heavy (non-hydrogen) atoms. The summed E-state index contributed by atoms with van der Waals surface area (Å²) in [7, 11) is 1.69. The second-order valence-corrected chi connectivity index (χ2v) is 6.23. The van der Waals surface area contributed by atoms with Crippen molar-refractivity contribution in [3.8, 4) is 5.75 Å². The molecule has 0 heterocycles. The third-order valence-electron chi connectivity index (χ3n) is 4.60. The van der Waals surface area contributed by atoms with Crippen molar-refractivity contribution in [1.29, 1.82) is 0 Å². The maximum atomic E-state index is 6.10. The molecule has 1 aliphatic rings. The lowest BCUT2D eigenvalue weighted by atomic mass is 9.98. The van der Waals surface area contributed by atoms with Crippen molar-refractivity contribution in [2.24, 2.45) is 5.92 Å². The van der Waals surface area contributed by atoms with Crippen LogP contribution in [-0.4, -0.2) is 19.8 Å². The summed E-state index contributed by atoms with van der Waals surface area (Å²) in [6.45, 7) is 2.99. The lowest BCUT2D eigenvalue weighted by Crippen LogP contribution is -2.18. The van der Waals surface area contributed by atoms with Crippen molar-refractivity contribution in [2.45, 2.75) is 58.0 Å². The molecule has 0 aliphatic heterocycles. The smallest absolute Gasteiger partial charge is 0.118 e. The average Bonchev–Trinajstić information content (AvgIpc) is 3.00. The van der Waals surface area contributed by atoms with Crippen molar-refractivity contribution in [2.75, 3.05) is 13.7 Å². The first-order chi connectivity index (χ1) is 10.8. The van der Waals surface area contributed by atoms with Crippen LogP contribution in [0.4, 0.5) is 0 Å². The van der Waals surface area contributed by atoms with E-state index in [9.17, 15) is 0 Å². The van der Waals surface area contributed by atoms with Crippen molar-refractivity contribution >= 4 is 6.08 Å². The molecule has 2 rings (SSSR count). The molecule has 0 amide bonds. The van der Waals surface area contributed by atoms with E-state index >= 15 is 0 Å². The average molecular weight is 302 g/mol. The van der Waals surface area contributed by atoms with Crippen molar-refractivity contribution in [3.05, 3.63) is 35.9 Å². The van der Waals surface area contributed by atoms with Gasteiger partial charge in [-0.25, -0.2) is 0 Å². The highest BCUT2D eigenvalue weighted by Gasteiger charge is 2.26. The molecule has 1 aliphatic carbocycles. The quantitative estimate of drug-likeness (QED) is 0.563. The zero-order valence-corrected chi connectivity index (χ0v) is 14.1. The minimum Gasteiger partial charge on any atom is -0.497 e. The normalized spacial score (nSPS) is 21.5. The van der Waals surface area contributed by atoms with E-state index in [1.165, 1.54) is 50.5 Å². The summed E-state index contributed by atoms with van der Waals surface area (Å²) in [5, 5.41) is 0. The fraction of sp³-hybridized carbons (Fsp3) is 0.600. The zero-order valence-electron chi connectivity index (χ0n) is 14.1. The Morgan fingerprint density at radius 1 is 1.14 bits per heavy atom. The van der Waals surface area contributed by atoms with Gasteiger partial charge in [0.25, 0.3) is 0 Å². The summed E-state index contributed by atoms with van der Waals surface area (Å²) >= 11 is 0. The van der Waals surface area contributed by atoms with Gasteiger partial charge >= 0.3 is 0 Å². The van der Waals surface area contributed by atoms with Crippen molar-refractivity contribution in [3.63, 3.8) is 0 Å². The Bertz CT molecular complexity index is 436. The summed E-state index contributed by atoms with van der Waals surface area (Å²) in [6, 6.07) is 8.11. The van der Waals surface area contributed by atoms with E-state index in [4.69, 9.17) is 9.47 Å². The maximum Gasteiger partial charge on any atom is 0.118 e.